The largest absolute Gasteiger partial charge is 0.450 e. The first-order chi connectivity index (χ1) is 18.8. The molecule has 3 aromatic rings. The number of nitrogens with zero attached hydrogens (tertiary/aromatic N) is 6. The van der Waals surface area contributed by atoms with Gasteiger partial charge in [-0.25, -0.2) is 4.98 Å². The number of pyridine rings is 1. The highest BCUT2D eigenvalue weighted by atomic mass is 19.4. The lowest BCUT2D eigenvalue weighted by Crippen LogP contribution is -2.21. The van der Waals surface area contributed by atoms with E-state index >= 15 is 0 Å². The summed E-state index contributed by atoms with van der Waals surface area (Å²) in [7, 11) is 1.62. The number of alkyl halides is 3. The molecule has 0 amide bonds. The number of allylic oxidation sites excluding steroid dienone is 2. The van der Waals surface area contributed by atoms with E-state index in [9.17, 15) is 18.4 Å². The van der Waals surface area contributed by atoms with Crippen molar-refractivity contribution in [2.45, 2.75) is 25.6 Å². The fraction of sp³-hybridized carbons (Fsp3) is 0.269. The summed E-state index contributed by atoms with van der Waals surface area (Å²) in [6.45, 7) is 1.82. The summed E-state index contributed by atoms with van der Waals surface area (Å²) < 4.78 is 49.1. The summed E-state index contributed by atoms with van der Waals surface area (Å²) in [5.74, 6) is 0.388. The SMILES string of the molecule is Cn1c(Nc2ccc(CN3CCCC3)c(C(F)(F)F)c2)nc2ncc(O/C(C=N)=C3\C=NC=CN3)c(C#N)c21. The van der Waals surface area contributed by atoms with Crippen LogP contribution in [0.5, 0.6) is 5.75 Å². The molecule has 10 nitrogen and oxygen atoms in total. The van der Waals surface area contributed by atoms with E-state index in [4.69, 9.17) is 10.1 Å². The van der Waals surface area contributed by atoms with E-state index in [1.165, 1.54) is 29.2 Å². The first kappa shape index (κ1) is 25.9. The Balaban J connectivity index is 1.47. The highest BCUT2D eigenvalue weighted by Gasteiger charge is 2.34. The van der Waals surface area contributed by atoms with E-state index in [0.29, 0.717) is 11.2 Å². The minimum Gasteiger partial charge on any atom is -0.450 e. The number of aromatic nitrogens is 3. The molecule has 0 spiro atoms. The van der Waals surface area contributed by atoms with Gasteiger partial charge in [0.1, 0.15) is 22.8 Å². The predicted molar refractivity (Wildman–Crippen MR) is 140 cm³/mol. The highest BCUT2D eigenvalue weighted by Crippen LogP contribution is 2.36. The summed E-state index contributed by atoms with van der Waals surface area (Å²) >= 11 is 0. The second-order valence-electron chi connectivity index (χ2n) is 9.02. The molecule has 13 heteroatoms. The summed E-state index contributed by atoms with van der Waals surface area (Å²) in [5, 5.41) is 23.5. The second kappa shape index (κ2) is 10.6. The second-order valence-corrected chi connectivity index (χ2v) is 9.02. The monoisotopic (exact) mass is 535 g/mol. The molecule has 2 aliphatic rings. The van der Waals surface area contributed by atoms with Gasteiger partial charge in [-0.2, -0.15) is 23.4 Å². The number of aryl methyl sites for hydroxylation is 1. The number of rotatable bonds is 7. The summed E-state index contributed by atoms with van der Waals surface area (Å²) in [6, 6.07) is 6.24. The number of ether oxygens (including phenoxy) is 1. The van der Waals surface area contributed by atoms with Gasteiger partial charge in [-0.15, -0.1) is 0 Å². The van der Waals surface area contributed by atoms with Crippen LogP contribution in [-0.2, 0) is 19.8 Å². The van der Waals surface area contributed by atoms with Crippen LogP contribution in [-0.4, -0.2) is 45.0 Å². The Morgan fingerprint density at radius 3 is 2.77 bits per heavy atom. The van der Waals surface area contributed by atoms with Crippen molar-refractivity contribution < 1.29 is 17.9 Å². The topological polar surface area (TPSA) is 127 Å². The molecule has 39 heavy (non-hydrogen) atoms. The lowest BCUT2D eigenvalue weighted by Gasteiger charge is -2.20. The molecule has 200 valence electrons. The number of anilines is 2. The predicted octanol–water partition coefficient (Wildman–Crippen LogP) is 4.58. The molecule has 3 N–H and O–H groups in total. The van der Waals surface area contributed by atoms with Gasteiger partial charge in [-0.1, -0.05) is 6.07 Å². The fourth-order valence-electron chi connectivity index (χ4n) is 4.56. The van der Waals surface area contributed by atoms with Crippen LogP contribution in [0, 0.1) is 16.7 Å². The number of benzene rings is 1. The van der Waals surface area contributed by atoms with E-state index < -0.39 is 11.7 Å². The van der Waals surface area contributed by atoms with Crippen LogP contribution < -0.4 is 15.4 Å². The first-order valence-electron chi connectivity index (χ1n) is 12.1. The average Bonchev–Trinajstić information content (AvgIpc) is 3.55. The van der Waals surface area contributed by atoms with E-state index in [1.54, 1.807) is 19.3 Å². The Bertz CT molecular complexity index is 1560. The molecule has 1 saturated heterocycles. The van der Waals surface area contributed by atoms with Crippen LogP contribution in [0.15, 0.2) is 53.2 Å². The maximum absolute atomic E-state index is 13.9. The Morgan fingerprint density at radius 2 is 2.10 bits per heavy atom. The number of fused-ring (bicyclic) bond motifs is 1. The lowest BCUT2D eigenvalue weighted by atomic mass is 10.1. The number of likely N-dealkylation sites (tertiary alicyclic amines) is 1. The molecule has 1 aromatic carbocycles. The smallest absolute Gasteiger partial charge is 0.416 e. The van der Waals surface area contributed by atoms with Crippen molar-refractivity contribution in [1.29, 1.82) is 10.7 Å². The summed E-state index contributed by atoms with van der Waals surface area (Å²) in [6.07, 6.45) is 4.31. The van der Waals surface area contributed by atoms with Crippen molar-refractivity contribution in [3.05, 3.63) is 64.9 Å². The van der Waals surface area contributed by atoms with Crippen LogP contribution in [0.25, 0.3) is 11.2 Å². The van der Waals surface area contributed by atoms with Gasteiger partial charge in [0.2, 0.25) is 5.95 Å². The number of aliphatic imine (C=N–C) groups is 1. The fourth-order valence-corrected chi connectivity index (χ4v) is 4.56. The molecule has 0 saturated carbocycles. The third-order valence-corrected chi connectivity index (χ3v) is 6.46. The zero-order valence-electron chi connectivity index (χ0n) is 20.9. The van der Waals surface area contributed by atoms with Crippen molar-refractivity contribution in [3.63, 3.8) is 0 Å². The molecule has 0 radical (unpaired) electrons. The normalized spacial score (nSPS) is 16.7. The zero-order chi connectivity index (χ0) is 27.6. The molecule has 2 aromatic heterocycles. The van der Waals surface area contributed by atoms with Gasteiger partial charge in [0, 0.05) is 31.7 Å². The van der Waals surface area contributed by atoms with Crippen molar-refractivity contribution in [1.82, 2.24) is 24.8 Å². The molecule has 4 heterocycles. The van der Waals surface area contributed by atoms with Crippen LogP contribution >= 0.6 is 0 Å². The average molecular weight is 536 g/mol. The molecule has 1 fully saturated rings. The first-order valence-corrected chi connectivity index (χ1v) is 12.1. The number of hydrogen-bond donors (Lipinski definition) is 3. The molecular formula is C26H24F3N9O. The summed E-state index contributed by atoms with van der Waals surface area (Å²) in [4.78, 5) is 14.7. The van der Waals surface area contributed by atoms with Crippen LogP contribution in [0.1, 0.15) is 29.5 Å². The maximum Gasteiger partial charge on any atom is 0.416 e. The van der Waals surface area contributed by atoms with E-state index in [0.717, 1.165) is 38.2 Å². The van der Waals surface area contributed by atoms with Gasteiger partial charge in [0.25, 0.3) is 0 Å². The Hall–Kier alpha value is -4.70. The van der Waals surface area contributed by atoms with Gasteiger partial charge < -0.3 is 25.3 Å². The number of hydrogen-bond acceptors (Lipinski definition) is 9. The number of nitriles is 1. The quantitative estimate of drug-likeness (QED) is 0.298. The minimum atomic E-state index is -4.52. The van der Waals surface area contributed by atoms with E-state index in [1.807, 2.05) is 4.90 Å². The van der Waals surface area contributed by atoms with Crippen LogP contribution in [0.4, 0.5) is 24.8 Å². The van der Waals surface area contributed by atoms with E-state index in [2.05, 4.69) is 31.7 Å². The Kier molecular flexibility index (Phi) is 7.03. The Labute approximate surface area is 221 Å². The minimum absolute atomic E-state index is 0.0842. The van der Waals surface area contributed by atoms with Gasteiger partial charge in [-0.05, 0) is 43.6 Å². The van der Waals surface area contributed by atoms with Crippen LogP contribution in [0.2, 0.25) is 0 Å². The van der Waals surface area contributed by atoms with Crippen molar-refractivity contribution in [2.24, 2.45) is 12.0 Å². The number of halogens is 3. The molecule has 0 unspecified atom stereocenters. The summed E-state index contributed by atoms with van der Waals surface area (Å²) in [5.41, 5.74) is 0.757. The van der Waals surface area contributed by atoms with Gasteiger partial charge in [0.05, 0.1) is 24.2 Å². The molecule has 0 bridgehead atoms. The maximum atomic E-state index is 13.9. The third-order valence-electron chi connectivity index (χ3n) is 6.46. The molecule has 2 aliphatic heterocycles. The highest BCUT2D eigenvalue weighted by molar-refractivity contribution is 5.90. The Morgan fingerprint density at radius 1 is 1.31 bits per heavy atom. The zero-order valence-corrected chi connectivity index (χ0v) is 20.9. The van der Waals surface area contributed by atoms with Crippen molar-refractivity contribution in [2.75, 3.05) is 18.4 Å². The van der Waals surface area contributed by atoms with Crippen molar-refractivity contribution in [3.8, 4) is 11.8 Å². The molecular weight excluding hydrogens is 511 g/mol. The van der Waals surface area contributed by atoms with Crippen LogP contribution in [0.3, 0.4) is 0 Å². The number of nitrogens with one attached hydrogen (secondary N) is 3. The third kappa shape index (κ3) is 5.32. The molecule has 5 rings (SSSR count). The van der Waals surface area contributed by atoms with Gasteiger partial charge >= 0.3 is 6.18 Å². The van der Waals surface area contributed by atoms with Crippen molar-refractivity contribution >= 4 is 35.2 Å². The van der Waals surface area contributed by atoms with E-state index in [-0.39, 0.29) is 46.5 Å². The number of imidazole rings is 1. The standard InChI is InChI=1S/C26H24F3N9O/c1-37-23-18(11-30)22(39-21(12-31)20-13-32-6-7-33-20)14-34-24(23)36-25(37)35-17-5-4-16(15-38-8-2-3-9-38)19(10-17)26(27,28)29/h4-7,10,12-14,31,33H,2-3,8-9,15H2,1H3,(H,34,35,36)/b21-20+,31-12?. The van der Waals surface area contributed by atoms with Gasteiger partial charge in [-0.3, -0.25) is 9.89 Å². The van der Waals surface area contributed by atoms with Gasteiger partial charge in [0.15, 0.2) is 17.2 Å². The molecule has 0 aliphatic carbocycles. The lowest BCUT2D eigenvalue weighted by molar-refractivity contribution is -0.138. The molecule has 0 atom stereocenters.